The highest BCUT2D eigenvalue weighted by Gasteiger charge is 2.29. The van der Waals surface area contributed by atoms with E-state index in [1.54, 1.807) is 0 Å². The minimum atomic E-state index is -0.647. The summed E-state index contributed by atoms with van der Waals surface area (Å²) in [6.45, 7) is 6.29. The van der Waals surface area contributed by atoms with Gasteiger partial charge in [-0.3, -0.25) is 0 Å². The Morgan fingerprint density at radius 2 is 1.82 bits per heavy atom. The summed E-state index contributed by atoms with van der Waals surface area (Å²) in [5, 5.41) is 10.2. The maximum atomic E-state index is 10.2. The summed E-state index contributed by atoms with van der Waals surface area (Å²) in [5.41, 5.74) is 0.764. The van der Waals surface area contributed by atoms with E-state index >= 15 is 0 Å². The van der Waals surface area contributed by atoms with E-state index in [2.05, 4.69) is 19.9 Å². The molecule has 98 valence electrons. The standard InChI is InChI=1S/C16H28O/c1-4-5-6-7-8-9-11-15-12-10-13-16(3,17)14(15)2/h10,12-14,17H,4-9,11H2,1-3H3. The number of rotatable bonds is 7. The van der Waals surface area contributed by atoms with Crippen molar-refractivity contribution < 1.29 is 5.11 Å². The Bertz CT molecular complexity index is 273. The summed E-state index contributed by atoms with van der Waals surface area (Å²) < 4.78 is 0. The topological polar surface area (TPSA) is 20.2 Å². The molecule has 0 spiro atoms. The van der Waals surface area contributed by atoms with Crippen molar-refractivity contribution in [1.29, 1.82) is 0 Å². The molecule has 1 aliphatic rings. The van der Waals surface area contributed by atoms with E-state index in [4.69, 9.17) is 0 Å². The molecule has 1 heteroatoms. The van der Waals surface area contributed by atoms with Crippen LogP contribution in [0.4, 0.5) is 0 Å². The lowest BCUT2D eigenvalue weighted by Crippen LogP contribution is -2.33. The maximum absolute atomic E-state index is 10.2. The fourth-order valence-corrected chi connectivity index (χ4v) is 2.44. The lowest BCUT2D eigenvalue weighted by atomic mass is 9.79. The first-order valence-corrected chi connectivity index (χ1v) is 7.18. The summed E-state index contributed by atoms with van der Waals surface area (Å²) in [7, 11) is 0. The second kappa shape index (κ2) is 7.00. The Kier molecular flexibility index (Phi) is 5.97. The van der Waals surface area contributed by atoms with Crippen LogP contribution in [0.25, 0.3) is 0 Å². The first-order valence-electron chi connectivity index (χ1n) is 7.18. The zero-order valence-electron chi connectivity index (χ0n) is 11.7. The van der Waals surface area contributed by atoms with E-state index in [9.17, 15) is 5.11 Å². The molecule has 2 atom stereocenters. The first kappa shape index (κ1) is 14.5. The van der Waals surface area contributed by atoms with Gasteiger partial charge in [0.1, 0.15) is 0 Å². The summed E-state index contributed by atoms with van der Waals surface area (Å²) in [6.07, 6.45) is 15.3. The van der Waals surface area contributed by atoms with Crippen molar-refractivity contribution in [3.05, 3.63) is 23.8 Å². The van der Waals surface area contributed by atoms with E-state index in [-0.39, 0.29) is 5.92 Å². The minimum Gasteiger partial charge on any atom is -0.385 e. The molecule has 0 saturated carbocycles. The van der Waals surface area contributed by atoms with Crippen LogP contribution in [0.15, 0.2) is 23.8 Å². The van der Waals surface area contributed by atoms with E-state index in [1.807, 2.05) is 19.1 Å². The molecular weight excluding hydrogens is 208 g/mol. The van der Waals surface area contributed by atoms with Crippen LogP contribution in [0.2, 0.25) is 0 Å². The Labute approximate surface area is 107 Å². The van der Waals surface area contributed by atoms with E-state index < -0.39 is 5.60 Å². The molecule has 1 aliphatic carbocycles. The Balaban J connectivity index is 2.23. The van der Waals surface area contributed by atoms with Gasteiger partial charge >= 0.3 is 0 Å². The second-order valence-electron chi connectivity index (χ2n) is 5.57. The minimum absolute atomic E-state index is 0.267. The molecule has 0 heterocycles. The van der Waals surface area contributed by atoms with E-state index in [0.29, 0.717) is 0 Å². The molecule has 0 aromatic carbocycles. The predicted molar refractivity (Wildman–Crippen MR) is 75.0 cm³/mol. The van der Waals surface area contributed by atoms with Crippen LogP contribution < -0.4 is 0 Å². The zero-order valence-corrected chi connectivity index (χ0v) is 11.7. The van der Waals surface area contributed by atoms with Crippen molar-refractivity contribution in [3.8, 4) is 0 Å². The van der Waals surface area contributed by atoms with Gasteiger partial charge in [0, 0.05) is 5.92 Å². The van der Waals surface area contributed by atoms with Crippen molar-refractivity contribution in [3.63, 3.8) is 0 Å². The van der Waals surface area contributed by atoms with Gasteiger partial charge in [0.2, 0.25) is 0 Å². The van der Waals surface area contributed by atoms with Crippen molar-refractivity contribution in [2.24, 2.45) is 5.92 Å². The second-order valence-corrected chi connectivity index (χ2v) is 5.57. The third-order valence-electron chi connectivity index (χ3n) is 4.00. The van der Waals surface area contributed by atoms with E-state index in [0.717, 1.165) is 6.42 Å². The van der Waals surface area contributed by atoms with Crippen LogP contribution in [0.1, 0.15) is 65.7 Å². The molecule has 0 aliphatic heterocycles. The van der Waals surface area contributed by atoms with Gasteiger partial charge in [0.15, 0.2) is 0 Å². The lowest BCUT2D eigenvalue weighted by molar-refractivity contribution is 0.0665. The van der Waals surface area contributed by atoms with Gasteiger partial charge in [0.25, 0.3) is 0 Å². The number of hydrogen-bond acceptors (Lipinski definition) is 1. The number of aliphatic hydroxyl groups is 1. The van der Waals surface area contributed by atoms with Gasteiger partial charge in [-0.05, 0) is 19.8 Å². The smallest absolute Gasteiger partial charge is 0.0865 e. The van der Waals surface area contributed by atoms with Gasteiger partial charge in [-0.15, -0.1) is 0 Å². The molecule has 0 saturated heterocycles. The molecule has 17 heavy (non-hydrogen) atoms. The van der Waals surface area contributed by atoms with Crippen molar-refractivity contribution in [1.82, 2.24) is 0 Å². The van der Waals surface area contributed by atoms with Crippen molar-refractivity contribution in [2.45, 2.75) is 71.3 Å². The molecule has 0 aromatic rings. The van der Waals surface area contributed by atoms with Crippen molar-refractivity contribution in [2.75, 3.05) is 0 Å². The maximum Gasteiger partial charge on any atom is 0.0865 e. The summed E-state index contributed by atoms with van der Waals surface area (Å²) in [6, 6.07) is 0. The van der Waals surface area contributed by atoms with Gasteiger partial charge in [-0.2, -0.15) is 0 Å². The molecule has 1 nitrogen and oxygen atoms in total. The molecular formula is C16H28O. The average Bonchev–Trinajstić information content (AvgIpc) is 2.29. The fraction of sp³-hybridized carbons (Fsp3) is 0.750. The average molecular weight is 236 g/mol. The first-order chi connectivity index (χ1) is 8.08. The molecule has 1 rings (SSSR count). The van der Waals surface area contributed by atoms with Crippen LogP contribution in [0, 0.1) is 5.92 Å². The van der Waals surface area contributed by atoms with Crippen LogP contribution in [0.3, 0.4) is 0 Å². The van der Waals surface area contributed by atoms with Gasteiger partial charge in [0.05, 0.1) is 5.60 Å². The number of hydrogen-bond donors (Lipinski definition) is 1. The Morgan fingerprint density at radius 3 is 2.53 bits per heavy atom. The van der Waals surface area contributed by atoms with Crippen LogP contribution >= 0.6 is 0 Å². The monoisotopic (exact) mass is 236 g/mol. The van der Waals surface area contributed by atoms with Crippen LogP contribution in [-0.2, 0) is 0 Å². The van der Waals surface area contributed by atoms with Gasteiger partial charge in [-0.25, -0.2) is 0 Å². The highest BCUT2D eigenvalue weighted by Crippen LogP contribution is 2.32. The van der Waals surface area contributed by atoms with Gasteiger partial charge < -0.3 is 5.11 Å². The molecule has 0 radical (unpaired) electrons. The SMILES string of the molecule is CCCCCCCCC1=CC=CC(C)(O)C1C. The molecule has 1 N–H and O–H groups in total. The lowest BCUT2D eigenvalue weighted by Gasteiger charge is -2.32. The Morgan fingerprint density at radius 1 is 1.18 bits per heavy atom. The number of unbranched alkanes of at least 4 members (excludes halogenated alkanes) is 5. The molecule has 0 amide bonds. The Hall–Kier alpha value is -0.560. The highest BCUT2D eigenvalue weighted by atomic mass is 16.3. The molecule has 2 unspecified atom stereocenters. The summed E-state index contributed by atoms with van der Waals surface area (Å²) in [5.74, 6) is 0.267. The molecule has 0 bridgehead atoms. The highest BCUT2D eigenvalue weighted by molar-refractivity contribution is 5.27. The molecule has 0 aromatic heterocycles. The zero-order chi connectivity index (χ0) is 12.7. The third-order valence-corrected chi connectivity index (χ3v) is 4.00. The number of allylic oxidation sites excluding steroid dienone is 2. The van der Waals surface area contributed by atoms with Crippen LogP contribution in [0.5, 0.6) is 0 Å². The summed E-state index contributed by atoms with van der Waals surface area (Å²) >= 11 is 0. The largest absolute Gasteiger partial charge is 0.385 e. The predicted octanol–water partition coefficient (Wildman–Crippen LogP) is 4.62. The van der Waals surface area contributed by atoms with E-state index in [1.165, 1.54) is 44.1 Å². The van der Waals surface area contributed by atoms with Gasteiger partial charge in [-0.1, -0.05) is 69.8 Å². The third kappa shape index (κ3) is 4.67. The summed E-state index contributed by atoms with van der Waals surface area (Å²) in [4.78, 5) is 0. The van der Waals surface area contributed by atoms with Crippen LogP contribution in [-0.4, -0.2) is 10.7 Å². The fourth-order valence-electron chi connectivity index (χ4n) is 2.44. The molecule has 0 fully saturated rings. The quantitative estimate of drug-likeness (QED) is 0.639. The normalized spacial score (nSPS) is 28.2. The van der Waals surface area contributed by atoms with Crippen molar-refractivity contribution >= 4 is 0 Å².